The lowest BCUT2D eigenvalue weighted by molar-refractivity contribution is 0.169. The van der Waals surface area contributed by atoms with Crippen LogP contribution in [0.3, 0.4) is 0 Å². The van der Waals surface area contributed by atoms with Gasteiger partial charge in [-0.3, -0.25) is 4.98 Å². The van der Waals surface area contributed by atoms with Gasteiger partial charge in [-0.1, -0.05) is 12.8 Å². The SMILES string of the molecule is C#CCN(CC1CC1)c1ccc([C@H](O)CC)nc1. The van der Waals surface area contributed by atoms with Crippen molar-refractivity contribution in [3.05, 3.63) is 24.0 Å². The average molecular weight is 244 g/mol. The van der Waals surface area contributed by atoms with Crippen LogP contribution < -0.4 is 4.90 Å². The third-order valence-corrected chi connectivity index (χ3v) is 3.32. The van der Waals surface area contributed by atoms with Crippen LogP contribution in [0.5, 0.6) is 0 Å². The summed E-state index contributed by atoms with van der Waals surface area (Å²) in [5.41, 5.74) is 1.78. The second-order valence-electron chi connectivity index (χ2n) is 4.89. The van der Waals surface area contributed by atoms with E-state index in [9.17, 15) is 5.11 Å². The first kappa shape index (κ1) is 12.9. The first-order valence-electron chi connectivity index (χ1n) is 6.57. The lowest BCUT2D eigenvalue weighted by Crippen LogP contribution is -2.26. The van der Waals surface area contributed by atoms with E-state index in [1.54, 1.807) is 0 Å². The fourth-order valence-corrected chi connectivity index (χ4v) is 1.97. The maximum atomic E-state index is 9.71. The van der Waals surface area contributed by atoms with Crippen LogP contribution >= 0.6 is 0 Å². The highest BCUT2D eigenvalue weighted by Crippen LogP contribution is 2.31. The number of hydrogen-bond donors (Lipinski definition) is 1. The van der Waals surface area contributed by atoms with Crippen LogP contribution in [0.1, 0.15) is 38.0 Å². The zero-order chi connectivity index (χ0) is 13.0. The van der Waals surface area contributed by atoms with Crippen molar-refractivity contribution in [1.29, 1.82) is 0 Å². The molecule has 1 aliphatic rings. The van der Waals surface area contributed by atoms with Crippen LogP contribution in [0.15, 0.2) is 18.3 Å². The maximum absolute atomic E-state index is 9.71. The van der Waals surface area contributed by atoms with E-state index in [0.717, 1.165) is 23.8 Å². The second kappa shape index (κ2) is 5.88. The molecule has 0 saturated heterocycles. The Hall–Kier alpha value is -1.53. The van der Waals surface area contributed by atoms with Crippen molar-refractivity contribution in [2.75, 3.05) is 18.0 Å². The predicted molar refractivity (Wildman–Crippen MR) is 73.3 cm³/mol. The minimum atomic E-state index is -0.469. The molecule has 1 fully saturated rings. The molecule has 96 valence electrons. The Morgan fingerprint density at radius 1 is 1.56 bits per heavy atom. The van der Waals surface area contributed by atoms with Crippen LogP contribution in [0.2, 0.25) is 0 Å². The lowest BCUT2D eigenvalue weighted by Gasteiger charge is -2.22. The van der Waals surface area contributed by atoms with Gasteiger partial charge in [0.15, 0.2) is 0 Å². The van der Waals surface area contributed by atoms with Gasteiger partial charge in [-0.2, -0.15) is 0 Å². The Morgan fingerprint density at radius 2 is 2.33 bits per heavy atom. The summed E-state index contributed by atoms with van der Waals surface area (Å²) in [4.78, 5) is 6.51. The molecule has 1 saturated carbocycles. The van der Waals surface area contributed by atoms with E-state index in [2.05, 4.69) is 15.8 Å². The summed E-state index contributed by atoms with van der Waals surface area (Å²) in [6, 6.07) is 3.89. The molecule has 1 aromatic heterocycles. The fourth-order valence-electron chi connectivity index (χ4n) is 1.97. The highest BCUT2D eigenvalue weighted by molar-refractivity contribution is 5.46. The zero-order valence-corrected chi connectivity index (χ0v) is 10.8. The molecule has 2 rings (SSSR count). The van der Waals surface area contributed by atoms with Gasteiger partial charge in [0.25, 0.3) is 0 Å². The van der Waals surface area contributed by atoms with Gasteiger partial charge in [-0.25, -0.2) is 0 Å². The van der Waals surface area contributed by atoms with Gasteiger partial charge in [0.1, 0.15) is 0 Å². The van der Waals surface area contributed by atoms with Gasteiger partial charge in [-0.15, -0.1) is 6.42 Å². The van der Waals surface area contributed by atoms with Crippen LogP contribution in [0.4, 0.5) is 5.69 Å². The lowest BCUT2D eigenvalue weighted by atomic mass is 10.2. The number of hydrogen-bond acceptors (Lipinski definition) is 3. The molecular formula is C15H20N2O. The topological polar surface area (TPSA) is 36.4 Å². The van der Waals surface area contributed by atoms with Crippen molar-refractivity contribution in [2.45, 2.75) is 32.3 Å². The molecule has 0 unspecified atom stereocenters. The Morgan fingerprint density at radius 3 is 2.83 bits per heavy atom. The van der Waals surface area contributed by atoms with E-state index in [-0.39, 0.29) is 0 Å². The quantitative estimate of drug-likeness (QED) is 0.780. The molecule has 1 aromatic rings. The third kappa shape index (κ3) is 3.24. The number of nitrogens with zero attached hydrogens (tertiary/aromatic N) is 2. The standard InChI is InChI=1S/C15H20N2O/c1-3-9-17(11-12-5-6-12)13-7-8-14(16-10-13)15(18)4-2/h1,7-8,10,12,15,18H,4-6,9,11H2,2H3/t15-/m1/s1. The van der Waals surface area contributed by atoms with E-state index in [4.69, 9.17) is 6.42 Å². The van der Waals surface area contributed by atoms with E-state index < -0.39 is 6.10 Å². The first-order valence-corrected chi connectivity index (χ1v) is 6.57. The Balaban J connectivity index is 2.07. The van der Waals surface area contributed by atoms with Gasteiger partial charge in [0.2, 0.25) is 0 Å². The molecule has 3 nitrogen and oxygen atoms in total. The molecular weight excluding hydrogens is 224 g/mol. The fraction of sp³-hybridized carbons (Fsp3) is 0.533. The number of aliphatic hydroxyl groups excluding tert-OH is 1. The van der Waals surface area contributed by atoms with E-state index >= 15 is 0 Å². The minimum absolute atomic E-state index is 0.469. The maximum Gasteiger partial charge on any atom is 0.0957 e. The largest absolute Gasteiger partial charge is 0.387 e. The summed E-state index contributed by atoms with van der Waals surface area (Å²) in [7, 11) is 0. The van der Waals surface area contributed by atoms with E-state index in [1.807, 2.05) is 25.3 Å². The number of terminal acetylenes is 1. The van der Waals surface area contributed by atoms with Crippen molar-refractivity contribution >= 4 is 5.69 Å². The molecule has 0 aliphatic heterocycles. The molecule has 0 aromatic carbocycles. The van der Waals surface area contributed by atoms with Crippen molar-refractivity contribution in [3.8, 4) is 12.3 Å². The summed E-state index contributed by atoms with van der Waals surface area (Å²) in [5.74, 6) is 3.49. The zero-order valence-electron chi connectivity index (χ0n) is 10.8. The smallest absolute Gasteiger partial charge is 0.0957 e. The summed E-state index contributed by atoms with van der Waals surface area (Å²) in [5, 5.41) is 9.71. The van der Waals surface area contributed by atoms with Crippen LogP contribution in [-0.4, -0.2) is 23.2 Å². The van der Waals surface area contributed by atoms with Crippen molar-refractivity contribution in [2.24, 2.45) is 5.92 Å². The van der Waals surface area contributed by atoms with Crippen molar-refractivity contribution in [3.63, 3.8) is 0 Å². The van der Waals surface area contributed by atoms with E-state index in [0.29, 0.717) is 13.0 Å². The second-order valence-corrected chi connectivity index (χ2v) is 4.89. The number of pyridine rings is 1. The molecule has 3 heteroatoms. The minimum Gasteiger partial charge on any atom is -0.387 e. The molecule has 1 N–H and O–H groups in total. The highest BCUT2D eigenvalue weighted by atomic mass is 16.3. The number of anilines is 1. The number of aliphatic hydroxyl groups is 1. The molecule has 1 atom stereocenters. The third-order valence-electron chi connectivity index (χ3n) is 3.32. The van der Waals surface area contributed by atoms with Gasteiger partial charge in [0, 0.05) is 6.54 Å². The average Bonchev–Trinajstić information content (AvgIpc) is 3.21. The van der Waals surface area contributed by atoms with Crippen LogP contribution in [0.25, 0.3) is 0 Å². The molecule has 1 aliphatic carbocycles. The summed E-state index contributed by atoms with van der Waals surface area (Å²) >= 11 is 0. The van der Waals surface area contributed by atoms with Crippen LogP contribution in [-0.2, 0) is 0 Å². The molecule has 0 bridgehead atoms. The first-order chi connectivity index (χ1) is 8.74. The predicted octanol–water partition coefficient (Wildman–Crippen LogP) is 2.37. The Kier molecular flexibility index (Phi) is 4.22. The monoisotopic (exact) mass is 244 g/mol. The molecule has 18 heavy (non-hydrogen) atoms. The Bertz CT molecular complexity index is 417. The van der Waals surface area contributed by atoms with E-state index in [1.165, 1.54) is 12.8 Å². The highest BCUT2D eigenvalue weighted by Gasteiger charge is 2.24. The van der Waals surface area contributed by atoms with Gasteiger partial charge in [-0.05, 0) is 37.3 Å². The summed E-state index contributed by atoms with van der Waals surface area (Å²) < 4.78 is 0. The molecule has 0 radical (unpaired) electrons. The molecule has 0 amide bonds. The summed E-state index contributed by atoms with van der Waals surface area (Å²) in [6.45, 7) is 3.58. The Labute approximate surface area is 109 Å². The van der Waals surface area contributed by atoms with Gasteiger partial charge in [0.05, 0.1) is 30.2 Å². The molecule has 0 spiro atoms. The number of rotatable bonds is 6. The number of aromatic nitrogens is 1. The van der Waals surface area contributed by atoms with Crippen molar-refractivity contribution < 1.29 is 5.11 Å². The van der Waals surface area contributed by atoms with Crippen molar-refractivity contribution in [1.82, 2.24) is 4.98 Å². The van der Waals surface area contributed by atoms with Gasteiger partial charge >= 0.3 is 0 Å². The molecule has 1 heterocycles. The normalized spacial score (nSPS) is 16.1. The van der Waals surface area contributed by atoms with Crippen LogP contribution in [0, 0.1) is 18.3 Å². The summed E-state index contributed by atoms with van der Waals surface area (Å²) in [6.07, 6.45) is 10.1. The van der Waals surface area contributed by atoms with Gasteiger partial charge < -0.3 is 10.0 Å².